The third-order valence-electron chi connectivity index (χ3n) is 1.90. The fourth-order valence-electron chi connectivity index (χ4n) is 1.41. The van der Waals surface area contributed by atoms with Crippen molar-refractivity contribution in [1.29, 1.82) is 0 Å². The van der Waals surface area contributed by atoms with Gasteiger partial charge < -0.3 is 5.32 Å². The number of halogens is 1. The van der Waals surface area contributed by atoms with Crippen LogP contribution in [-0.4, -0.2) is 18.0 Å². The highest BCUT2D eigenvalue weighted by Crippen LogP contribution is 2.23. The summed E-state index contributed by atoms with van der Waals surface area (Å²) < 4.78 is 0. The fourth-order valence-corrected chi connectivity index (χ4v) is 1.78. The molecule has 0 radical (unpaired) electrons. The minimum atomic E-state index is 0.393. The summed E-state index contributed by atoms with van der Waals surface area (Å²) in [6.45, 7) is 3.18. The largest absolute Gasteiger partial charge is 0.313 e. The molecule has 2 heteroatoms. The van der Waals surface area contributed by atoms with Crippen LogP contribution < -0.4 is 5.32 Å². The highest BCUT2D eigenvalue weighted by Gasteiger charge is 2.23. The lowest BCUT2D eigenvalue weighted by molar-refractivity contribution is 0.547. The number of nitrogens with one attached hydrogen (secondary N) is 1. The summed E-state index contributed by atoms with van der Waals surface area (Å²) in [5, 5.41) is 3.76. The Bertz CT molecular complexity index is 85.0. The molecule has 0 heterocycles. The van der Waals surface area contributed by atoms with E-state index in [1.165, 1.54) is 19.3 Å². The molecule has 1 N–H and O–H groups in total. The third kappa shape index (κ3) is 1.84. The maximum atomic E-state index is 5.99. The van der Waals surface area contributed by atoms with E-state index in [2.05, 4.69) is 12.2 Å². The van der Waals surface area contributed by atoms with E-state index in [1.807, 2.05) is 0 Å². The zero-order chi connectivity index (χ0) is 6.69. The van der Waals surface area contributed by atoms with Crippen molar-refractivity contribution < 1.29 is 0 Å². The quantitative estimate of drug-likeness (QED) is 0.587. The maximum Gasteiger partial charge on any atom is 0.0489 e. The molecule has 2 unspecified atom stereocenters. The Labute approximate surface area is 61.8 Å². The van der Waals surface area contributed by atoms with Gasteiger partial charge in [-0.2, -0.15) is 0 Å². The first-order valence-electron chi connectivity index (χ1n) is 3.72. The Morgan fingerprint density at radius 1 is 1.56 bits per heavy atom. The van der Waals surface area contributed by atoms with Gasteiger partial charge in [-0.3, -0.25) is 0 Å². The summed E-state index contributed by atoms with van der Waals surface area (Å²) in [5.74, 6) is 0. The van der Waals surface area contributed by atoms with Gasteiger partial charge in [-0.15, -0.1) is 11.6 Å². The van der Waals surface area contributed by atoms with E-state index in [-0.39, 0.29) is 0 Å². The molecule has 1 rings (SSSR count). The molecule has 54 valence electrons. The smallest absolute Gasteiger partial charge is 0.0489 e. The molecule has 2 atom stereocenters. The molecule has 0 saturated heterocycles. The molecule has 0 spiro atoms. The monoisotopic (exact) mass is 147 g/mol. The number of hydrogen-bond donors (Lipinski definition) is 1. The molecule has 0 aromatic rings. The van der Waals surface area contributed by atoms with Crippen LogP contribution in [0.5, 0.6) is 0 Å². The molecule has 0 aliphatic heterocycles. The van der Waals surface area contributed by atoms with Crippen molar-refractivity contribution in [3.05, 3.63) is 0 Å². The minimum absolute atomic E-state index is 0.393. The van der Waals surface area contributed by atoms with Gasteiger partial charge in [-0.05, 0) is 19.4 Å². The molecule has 1 aliphatic rings. The van der Waals surface area contributed by atoms with Gasteiger partial charge in [0.2, 0.25) is 0 Å². The molecule has 1 saturated carbocycles. The van der Waals surface area contributed by atoms with Crippen LogP contribution in [0.25, 0.3) is 0 Å². The normalized spacial score (nSPS) is 35.3. The van der Waals surface area contributed by atoms with E-state index < -0.39 is 0 Å². The van der Waals surface area contributed by atoms with Gasteiger partial charge in [0, 0.05) is 11.4 Å². The van der Waals surface area contributed by atoms with Crippen LogP contribution in [-0.2, 0) is 0 Å². The molecular weight excluding hydrogens is 134 g/mol. The SMILES string of the molecule is CCNC1CCCC1Cl. The second kappa shape index (κ2) is 3.43. The van der Waals surface area contributed by atoms with Gasteiger partial charge in [0.15, 0.2) is 0 Å². The average molecular weight is 148 g/mol. The van der Waals surface area contributed by atoms with Crippen molar-refractivity contribution >= 4 is 11.6 Å². The molecule has 1 fully saturated rings. The van der Waals surface area contributed by atoms with Crippen molar-refractivity contribution in [2.24, 2.45) is 0 Å². The second-order valence-electron chi connectivity index (χ2n) is 2.61. The van der Waals surface area contributed by atoms with Crippen LogP contribution in [0, 0.1) is 0 Å². The van der Waals surface area contributed by atoms with E-state index in [9.17, 15) is 0 Å². The van der Waals surface area contributed by atoms with Gasteiger partial charge in [-0.1, -0.05) is 13.3 Å². The van der Waals surface area contributed by atoms with Crippen molar-refractivity contribution in [2.75, 3.05) is 6.54 Å². The first-order valence-corrected chi connectivity index (χ1v) is 4.15. The molecule has 1 aliphatic carbocycles. The first-order chi connectivity index (χ1) is 4.34. The Morgan fingerprint density at radius 2 is 2.33 bits per heavy atom. The summed E-state index contributed by atoms with van der Waals surface area (Å²) in [5.41, 5.74) is 0. The lowest BCUT2D eigenvalue weighted by atomic mass is 10.2. The molecule has 0 amide bonds. The van der Waals surface area contributed by atoms with E-state index in [1.54, 1.807) is 0 Å². The highest BCUT2D eigenvalue weighted by molar-refractivity contribution is 6.21. The van der Waals surface area contributed by atoms with Crippen molar-refractivity contribution in [1.82, 2.24) is 5.32 Å². The Hall–Kier alpha value is 0.250. The van der Waals surface area contributed by atoms with Gasteiger partial charge in [0.25, 0.3) is 0 Å². The lowest BCUT2D eigenvalue weighted by Crippen LogP contribution is -2.32. The third-order valence-corrected chi connectivity index (χ3v) is 2.42. The fraction of sp³-hybridized carbons (Fsp3) is 1.00. The average Bonchev–Trinajstić information content (AvgIpc) is 2.18. The predicted molar refractivity (Wildman–Crippen MR) is 41.0 cm³/mol. The van der Waals surface area contributed by atoms with Crippen molar-refractivity contribution in [3.8, 4) is 0 Å². The number of hydrogen-bond acceptors (Lipinski definition) is 1. The lowest BCUT2D eigenvalue weighted by Gasteiger charge is -2.13. The van der Waals surface area contributed by atoms with E-state index >= 15 is 0 Å². The Morgan fingerprint density at radius 3 is 2.78 bits per heavy atom. The second-order valence-corrected chi connectivity index (χ2v) is 3.17. The van der Waals surface area contributed by atoms with Gasteiger partial charge >= 0.3 is 0 Å². The molecule has 0 bridgehead atoms. The predicted octanol–water partition coefficient (Wildman–Crippen LogP) is 1.76. The zero-order valence-corrected chi connectivity index (χ0v) is 6.62. The van der Waals surface area contributed by atoms with Crippen LogP contribution in [0.4, 0.5) is 0 Å². The van der Waals surface area contributed by atoms with Crippen LogP contribution in [0.2, 0.25) is 0 Å². The minimum Gasteiger partial charge on any atom is -0.313 e. The Kier molecular flexibility index (Phi) is 2.80. The van der Waals surface area contributed by atoms with E-state index in [0.717, 1.165) is 6.54 Å². The molecule has 0 aromatic carbocycles. The summed E-state index contributed by atoms with van der Waals surface area (Å²) in [6, 6.07) is 0.594. The van der Waals surface area contributed by atoms with Crippen LogP contribution >= 0.6 is 11.6 Å². The summed E-state index contributed by atoms with van der Waals surface area (Å²) in [4.78, 5) is 0. The maximum absolute atomic E-state index is 5.99. The first kappa shape index (κ1) is 7.36. The summed E-state index contributed by atoms with van der Waals surface area (Å²) >= 11 is 5.99. The summed E-state index contributed by atoms with van der Waals surface area (Å²) in [7, 11) is 0. The standard InChI is InChI=1S/C7H14ClN/c1-2-9-7-5-3-4-6(7)8/h6-7,9H,2-5H2,1H3. The number of rotatable bonds is 2. The van der Waals surface area contributed by atoms with Gasteiger partial charge in [0.1, 0.15) is 0 Å². The van der Waals surface area contributed by atoms with E-state index in [4.69, 9.17) is 11.6 Å². The number of alkyl halides is 1. The Balaban J connectivity index is 2.22. The van der Waals surface area contributed by atoms with Crippen LogP contribution in [0.1, 0.15) is 26.2 Å². The van der Waals surface area contributed by atoms with Gasteiger partial charge in [0.05, 0.1) is 0 Å². The van der Waals surface area contributed by atoms with E-state index in [0.29, 0.717) is 11.4 Å². The molecule has 9 heavy (non-hydrogen) atoms. The van der Waals surface area contributed by atoms with Crippen molar-refractivity contribution in [2.45, 2.75) is 37.6 Å². The zero-order valence-electron chi connectivity index (χ0n) is 5.86. The van der Waals surface area contributed by atoms with Gasteiger partial charge in [-0.25, -0.2) is 0 Å². The molecule has 1 nitrogen and oxygen atoms in total. The summed E-state index contributed by atoms with van der Waals surface area (Å²) in [6.07, 6.45) is 3.76. The van der Waals surface area contributed by atoms with Crippen LogP contribution in [0.3, 0.4) is 0 Å². The topological polar surface area (TPSA) is 12.0 Å². The highest BCUT2D eigenvalue weighted by atomic mass is 35.5. The van der Waals surface area contributed by atoms with Crippen molar-refractivity contribution in [3.63, 3.8) is 0 Å². The van der Waals surface area contributed by atoms with Crippen LogP contribution in [0.15, 0.2) is 0 Å². The molecular formula is C7H14ClN. The molecule has 0 aromatic heterocycles.